The first-order valence-corrected chi connectivity index (χ1v) is 5.10. The van der Waals surface area contributed by atoms with Gasteiger partial charge in [0, 0.05) is 17.9 Å². The Hall–Kier alpha value is -1.15. The van der Waals surface area contributed by atoms with Crippen molar-refractivity contribution in [3.8, 4) is 0 Å². The van der Waals surface area contributed by atoms with Gasteiger partial charge in [-0.05, 0) is 37.9 Å². The molecule has 0 amide bonds. The van der Waals surface area contributed by atoms with Crippen molar-refractivity contribution in [2.75, 3.05) is 6.54 Å². The summed E-state index contributed by atoms with van der Waals surface area (Å²) in [5, 5.41) is 3.44. The zero-order chi connectivity index (χ0) is 9.86. The van der Waals surface area contributed by atoms with Gasteiger partial charge >= 0.3 is 0 Å². The molecule has 14 heavy (non-hydrogen) atoms. The highest BCUT2D eigenvalue weighted by atomic mass is 15.0. The Bertz CT molecular complexity index is 312. The van der Waals surface area contributed by atoms with Crippen LogP contribution < -0.4 is 5.32 Å². The average molecular weight is 188 g/mol. The van der Waals surface area contributed by atoms with Crippen LogP contribution in [0, 0.1) is 0 Å². The fraction of sp³-hybridized carbons (Fsp3) is 0.417. The molecule has 0 aliphatic carbocycles. The van der Waals surface area contributed by atoms with Gasteiger partial charge in [0.2, 0.25) is 0 Å². The molecule has 1 atom stereocenters. The van der Waals surface area contributed by atoms with Gasteiger partial charge in [0.1, 0.15) is 0 Å². The van der Waals surface area contributed by atoms with E-state index in [-0.39, 0.29) is 0 Å². The van der Waals surface area contributed by atoms with E-state index in [2.05, 4.69) is 35.4 Å². The topological polar surface area (TPSA) is 24.9 Å². The monoisotopic (exact) mass is 188 g/mol. The van der Waals surface area contributed by atoms with Gasteiger partial charge in [-0.3, -0.25) is 4.98 Å². The largest absolute Gasteiger partial charge is 0.311 e. The normalized spacial score (nSPS) is 26.4. The van der Waals surface area contributed by atoms with Crippen LogP contribution in [0.15, 0.2) is 30.6 Å². The van der Waals surface area contributed by atoms with Crippen molar-refractivity contribution in [2.45, 2.75) is 25.3 Å². The van der Waals surface area contributed by atoms with Gasteiger partial charge in [-0.1, -0.05) is 18.2 Å². The van der Waals surface area contributed by atoms with Crippen molar-refractivity contribution in [1.29, 1.82) is 0 Å². The van der Waals surface area contributed by atoms with Crippen molar-refractivity contribution >= 4 is 6.08 Å². The van der Waals surface area contributed by atoms with E-state index >= 15 is 0 Å². The second-order valence-electron chi connectivity index (χ2n) is 4.13. The van der Waals surface area contributed by atoms with E-state index in [0.717, 1.165) is 13.0 Å². The minimum atomic E-state index is 0.346. The van der Waals surface area contributed by atoms with E-state index in [1.165, 1.54) is 12.0 Å². The molecule has 1 fully saturated rings. The van der Waals surface area contributed by atoms with E-state index in [0.29, 0.717) is 5.54 Å². The number of hydrogen-bond donors (Lipinski definition) is 1. The average Bonchev–Trinajstić information content (AvgIpc) is 2.17. The van der Waals surface area contributed by atoms with Crippen molar-refractivity contribution in [1.82, 2.24) is 10.3 Å². The number of nitrogens with one attached hydrogen (secondary N) is 1. The Morgan fingerprint density at radius 3 is 3.07 bits per heavy atom. The lowest BCUT2D eigenvalue weighted by atomic mass is 9.86. The minimum Gasteiger partial charge on any atom is -0.311 e. The molecule has 74 valence electrons. The predicted octanol–water partition coefficient (Wildman–Crippen LogP) is 2.24. The van der Waals surface area contributed by atoms with Gasteiger partial charge in [-0.25, -0.2) is 0 Å². The van der Waals surface area contributed by atoms with Crippen molar-refractivity contribution < 1.29 is 0 Å². The van der Waals surface area contributed by atoms with E-state index in [1.807, 2.05) is 12.3 Å². The minimum absolute atomic E-state index is 0.346. The van der Waals surface area contributed by atoms with Crippen LogP contribution in [0.4, 0.5) is 0 Å². The number of hydrogen-bond acceptors (Lipinski definition) is 2. The summed E-state index contributed by atoms with van der Waals surface area (Å²) in [6, 6.07) is 4.03. The maximum atomic E-state index is 4.07. The van der Waals surface area contributed by atoms with Crippen LogP contribution in [0.25, 0.3) is 6.08 Å². The second-order valence-corrected chi connectivity index (χ2v) is 4.13. The van der Waals surface area contributed by atoms with Crippen LogP contribution in [0.5, 0.6) is 0 Å². The summed E-state index contributed by atoms with van der Waals surface area (Å²) in [5.74, 6) is 0. The lowest BCUT2D eigenvalue weighted by Crippen LogP contribution is -2.54. The molecule has 1 N–H and O–H groups in total. The highest BCUT2D eigenvalue weighted by molar-refractivity contribution is 5.47. The Balaban J connectivity index is 1.88. The standard InChI is InChI=1S/C12H16N2/c1-12(7-9-14-12)6-2-4-11-5-3-8-13-10-11/h2-5,8,10,14H,6-7,9H2,1H3. The van der Waals surface area contributed by atoms with Crippen LogP contribution >= 0.6 is 0 Å². The predicted molar refractivity (Wildman–Crippen MR) is 58.9 cm³/mol. The first-order chi connectivity index (χ1) is 6.79. The van der Waals surface area contributed by atoms with Crippen LogP contribution in [-0.4, -0.2) is 17.1 Å². The number of pyridine rings is 1. The summed E-state index contributed by atoms with van der Waals surface area (Å²) < 4.78 is 0. The third kappa shape index (κ3) is 2.20. The van der Waals surface area contributed by atoms with Gasteiger partial charge < -0.3 is 5.32 Å². The zero-order valence-corrected chi connectivity index (χ0v) is 8.53. The third-order valence-electron chi connectivity index (χ3n) is 2.79. The molecular formula is C12H16N2. The fourth-order valence-electron chi connectivity index (χ4n) is 1.66. The summed E-state index contributed by atoms with van der Waals surface area (Å²) in [6.07, 6.45) is 10.4. The van der Waals surface area contributed by atoms with E-state index in [4.69, 9.17) is 0 Å². The first kappa shape index (κ1) is 9.41. The molecule has 0 saturated carbocycles. The van der Waals surface area contributed by atoms with Gasteiger partial charge in [0.25, 0.3) is 0 Å². The maximum absolute atomic E-state index is 4.07. The lowest BCUT2D eigenvalue weighted by molar-refractivity contribution is 0.236. The van der Waals surface area contributed by atoms with Gasteiger partial charge in [0.15, 0.2) is 0 Å². The van der Waals surface area contributed by atoms with Crippen LogP contribution in [0.2, 0.25) is 0 Å². The highest BCUT2D eigenvalue weighted by Gasteiger charge is 2.28. The Labute approximate surface area is 85.1 Å². The van der Waals surface area contributed by atoms with E-state index < -0.39 is 0 Å². The number of aromatic nitrogens is 1. The quantitative estimate of drug-likeness (QED) is 0.787. The Kier molecular flexibility index (Phi) is 2.64. The molecule has 1 saturated heterocycles. The smallest absolute Gasteiger partial charge is 0.0340 e. The highest BCUT2D eigenvalue weighted by Crippen LogP contribution is 2.22. The molecule has 0 aromatic carbocycles. The fourth-order valence-corrected chi connectivity index (χ4v) is 1.66. The van der Waals surface area contributed by atoms with E-state index in [9.17, 15) is 0 Å². The molecular weight excluding hydrogens is 172 g/mol. The molecule has 2 rings (SSSR count). The Morgan fingerprint density at radius 2 is 2.50 bits per heavy atom. The van der Waals surface area contributed by atoms with Crippen LogP contribution in [0.1, 0.15) is 25.3 Å². The molecule has 1 aromatic heterocycles. The molecule has 1 aliphatic rings. The summed E-state index contributed by atoms with van der Waals surface area (Å²) in [4.78, 5) is 4.07. The molecule has 0 bridgehead atoms. The van der Waals surface area contributed by atoms with Gasteiger partial charge in [-0.15, -0.1) is 0 Å². The maximum Gasteiger partial charge on any atom is 0.0340 e. The molecule has 0 radical (unpaired) electrons. The molecule has 2 heteroatoms. The summed E-state index contributed by atoms with van der Waals surface area (Å²) in [5.41, 5.74) is 1.52. The van der Waals surface area contributed by atoms with Crippen molar-refractivity contribution in [2.24, 2.45) is 0 Å². The van der Waals surface area contributed by atoms with Crippen molar-refractivity contribution in [3.05, 3.63) is 36.2 Å². The van der Waals surface area contributed by atoms with Crippen LogP contribution in [-0.2, 0) is 0 Å². The zero-order valence-electron chi connectivity index (χ0n) is 8.53. The number of nitrogens with zero attached hydrogens (tertiary/aromatic N) is 1. The molecule has 1 aromatic rings. The summed E-state index contributed by atoms with van der Waals surface area (Å²) >= 11 is 0. The molecule has 2 nitrogen and oxygen atoms in total. The third-order valence-corrected chi connectivity index (χ3v) is 2.79. The number of rotatable bonds is 3. The molecule has 1 aliphatic heterocycles. The summed E-state index contributed by atoms with van der Waals surface area (Å²) in [7, 11) is 0. The lowest BCUT2D eigenvalue weighted by Gasteiger charge is -2.39. The van der Waals surface area contributed by atoms with Crippen molar-refractivity contribution in [3.63, 3.8) is 0 Å². The second kappa shape index (κ2) is 3.93. The van der Waals surface area contributed by atoms with E-state index in [1.54, 1.807) is 6.20 Å². The van der Waals surface area contributed by atoms with Crippen LogP contribution in [0.3, 0.4) is 0 Å². The van der Waals surface area contributed by atoms with Gasteiger partial charge in [-0.2, -0.15) is 0 Å². The SMILES string of the molecule is CC1(CC=Cc2cccnc2)CCN1. The van der Waals surface area contributed by atoms with Gasteiger partial charge in [0.05, 0.1) is 0 Å². The Morgan fingerprint density at radius 1 is 1.64 bits per heavy atom. The first-order valence-electron chi connectivity index (χ1n) is 5.10. The summed E-state index contributed by atoms with van der Waals surface area (Å²) in [6.45, 7) is 3.43. The molecule has 0 spiro atoms. The molecule has 2 heterocycles. The molecule has 1 unspecified atom stereocenters.